The van der Waals surface area contributed by atoms with Crippen molar-refractivity contribution in [3.8, 4) is 17.8 Å². The summed E-state index contributed by atoms with van der Waals surface area (Å²) in [5.41, 5.74) is -0.752. The van der Waals surface area contributed by atoms with Crippen molar-refractivity contribution >= 4 is 10.8 Å². The quantitative estimate of drug-likeness (QED) is 0.728. The summed E-state index contributed by atoms with van der Waals surface area (Å²) in [5, 5.41) is 19.1. The fraction of sp³-hybridized carbons (Fsp3) is 0.0588. The highest BCUT2D eigenvalue weighted by molar-refractivity contribution is 5.92. The molecular weight excluding hydrogens is 340 g/mol. The van der Waals surface area contributed by atoms with Crippen LogP contribution in [0, 0.1) is 34.6 Å². The van der Waals surface area contributed by atoms with Gasteiger partial charge >= 0.3 is 0 Å². The Kier molecular flexibility index (Phi) is 4.15. The molecule has 1 heterocycles. The van der Waals surface area contributed by atoms with Gasteiger partial charge in [-0.05, 0) is 18.2 Å². The molecule has 0 spiro atoms. The molecule has 126 valence electrons. The van der Waals surface area contributed by atoms with Gasteiger partial charge in [0.15, 0.2) is 0 Å². The van der Waals surface area contributed by atoms with Crippen LogP contribution in [0.3, 0.4) is 0 Å². The van der Waals surface area contributed by atoms with E-state index in [1.807, 2.05) is 0 Å². The van der Waals surface area contributed by atoms with Crippen molar-refractivity contribution in [2.24, 2.45) is 0 Å². The van der Waals surface area contributed by atoms with E-state index >= 15 is 0 Å². The second-order valence-electron chi connectivity index (χ2n) is 5.05. The number of nitriles is 1. The minimum Gasteiger partial charge on any atom is -0.492 e. The SMILES string of the molecule is N#Cc1c(O)nc(OCc2c(F)cc(F)cc2F)c2cc(F)ccc12. The van der Waals surface area contributed by atoms with Crippen LogP contribution in [0.2, 0.25) is 0 Å². The molecule has 0 bridgehead atoms. The minimum absolute atomic E-state index is 0.0391. The van der Waals surface area contributed by atoms with Gasteiger partial charge in [0.05, 0.1) is 5.56 Å². The number of aromatic nitrogens is 1. The molecule has 0 fully saturated rings. The Balaban J connectivity index is 2.06. The Hall–Kier alpha value is -3.34. The fourth-order valence-corrected chi connectivity index (χ4v) is 2.31. The molecule has 0 saturated heterocycles. The number of hydrogen-bond donors (Lipinski definition) is 1. The van der Waals surface area contributed by atoms with Crippen LogP contribution in [0.15, 0.2) is 30.3 Å². The number of aromatic hydroxyl groups is 1. The molecule has 0 aliphatic rings. The molecule has 1 aromatic heterocycles. The summed E-state index contributed by atoms with van der Waals surface area (Å²) in [7, 11) is 0. The van der Waals surface area contributed by atoms with E-state index in [4.69, 9.17) is 10.00 Å². The van der Waals surface area contributed by atoms with Gasteiger partial charge in [0, 0.05) is 22.9 Å². The maximum Gasteiger partial charge on any atom is 0.233 e. The van der Waals surface area contributed by atoms with Gasteiger partial charge in [-0.1, -0.05) is 0 Å². The number of hydrogen-bond acceptors (Lipinski definition) is 4. The summed E-state index contributed by atoms with van der Waals surface area (Å²) in [6, 6.07) is 6.04. The molecule has 8 heteroatoms. The van der Waals surface area contributed by atoms with Gasteiger partial charge in [-0.15, -0.1) is 0 Å². The third kappa shape index (κ3) is 3.04. The predicted octanol–water partition coefficient (Wildman–Crippen LogP) is 3.95. The normalized spacial score (nSPS) is 10.7. The monoisotopic (exact) mass is 348 g/mol. The smallest absolute Gasteiger partial charge is 0.233 e. The summed E-state index contributed by atoms with van der Waals surface area (Å²) in [6.07, 6.45) is 0. The van der Waals surface area contributed by atoms with E-state index in [0.717, 1.165) is 12.1 Å². The zero-order valence-electron chi connectivity index (χ0n) is 12.4. The molecule has 3 rings (SSSR count). The lowest BCUT2D eigenvalue weighted by atomic mass is 10.1. The molecule has 4 nitrogen and oxygen atoms in total. The van der Waals surface area contributed by atoms with Crippen LogP contribution >= 0.6 is 0 Å². The number of rotatable bonds is 3. The highest BCUT2D eigenvalue weighted by Gasteiger charge is 2.17. The van der Waals surface area contributed by atoms with Gasteiger partial charge in [-0.2, -0.15) is 10.2 Å². The van der Waals surface area contributed by atoms with Gasteiger partial charge in [-0.25, -0.2) is 17.6 Å². The molecule has 0 saturated carbocycles. The lowest BCUT2D eigenvalue weighted by Gasteiger charge is -2.11. The van der Waals surface area contributed by atoms with Crippen molar-refractivity contribution in [2.45, 2.75) is 6.61 Å². The topological polar surface area (TPSA) is 66.1 Å². The number of ether oxygens (including phenoxy) is 1. The van der Waals surface area contributed by atoms with Crippen molar-refractivity contribution in [3.63, 3.8) is 0 Å². The van der Waals surface area contributed by atoms with E-state index < -0.39 is 41.3 Å². The number of halogens is 4. The second kappa shape index (κ2) is 6.28. The summed E-state index contributed by atoms with van der Waals surface area (Å²) in [4.78, 5) is 3.63. The van der Waals surface area contributed by atoms with E-state index in [1.165, 1.54) is 6.07 Å². The van der Waals surface area contributed by atoms with Gasteiger partial charge in [0.2, 0.25) is 11.8 Å². The Morgan fingerprint density at radius 1 is 1.00 bits per heavy atom. The first-order valence-electron chi connectivity index (χ1n) is 6.89. The van der Waals surface area contributed by atoms with Gasteiger partial charge in [0.25, 0.3) is 0 Å². The third-order valence-electron chi connectivity index (χ3n) is 3.48. The molecule has 0 unspecified atom stereocenters. The predicted molar refractivity (Wildman–Crippen MR) is 78.7 cm³/mol. The maximum atomic E-state index is 13.7. The molecule has 0 atom stereocenters. The van der Waals surface area contributed by atoms with E-state index in [0.29, 0.717) is 12.1 Å². The first-order chi connectivity index (χ1) is 11.9. The van der Waals surface area contributed by atoms with E-state index in [-0.39, 0.29) is 22.2 Å². The summed E-state index contributed by atoms with van der Waals surface area (Å²) in [6.45, 7) is -0.679. The number of fused-ring (bicyclic) bond motifs is 1. The third-order valence-corrected chi connectivity index (χ3v) is 3.48. The molecule has 0 aliphatic carbocycles. The van der Waals surface area contributed by atoms with Crippen LogP contribution in [0.25, 0.3) is 10.8 Å². The van der Waals surface area contributed by atoms with Gasteiger partial charge in [0.1, 0.15) is 41.5 Å². The molecule has 0 radical (unpaired) electrons. The average molecular weight is 348 g/mol. The van der Waals surface area contributed by atoms with Gasteiger partial charge < -0.3 is 9.84 Å². The van der Waals surface area contributed by atoms with Crippen LogP contribution in [-0.2, 0) is 6.61 Å². The standard InChI is InChI=1S/C17H8F4N2O2/c18-8-1-2-10-11(3-8)17(23-16(24)12(10)6-22)25-7-13-14(20)4-9(19)5-15(13)21/h1-5H,7H2,(H,23,24). The molecule has 3 aromatic rings. The highest BCUT2D eigenvalue weighted by atomic mass is 19.1. The fourth-order valence-electron chi connectivity index (χ4n) is 2.31. The number of benzene rings is 2. The van der Waals surface area contributed by atoms with Crippen LogP contribution in [0.5, 0.6) is 11.8 Å². The molecule has 25 heavy (non-hydrogen) atoms. The maximum absolute atomic E-state index is 13.7. The summed E-state index contributed by atoms with van der Waals surface area (Å²) in [5.74, 6) is -5.06. The molecule has 1 N–H and O–H groups in total. The van der Waals surface area contributed by atoms with E-state index in [9.17, 15) is 22.7 Å². The first-order valence-corrected chi connectivity index (χ1v) is 6.89. The Labute approximate surface area is 138 Å². The van der Waals surface area contributed by atoms with Gasteiger partial charge in [-0.3, -0.25) is 0 Å². The highest BCUT2D eigenvalue weighted by Crippen LogP contribution is 2.32. The zero-order valence-corrected chi connectivity index (χ0v) is 12.4. The number of pyridine rings is 1. The molecule has 0 aliphatic heterocycles. The van der Waals surface area contributed by atoms with Crippen LogP contribution in [-0.4, -0.2) is 10.1 Å². The average Bonchev–Trinajstić information content (AvgIpc) is 2.54. The van der Waals surface area contributed by atoms with Crippen LogP contribution < -0.4 is 4.74 Å². The van der Waals surface area contributed by atoms with Crippen LogP contribution in [0.4, 0.5) is 17.6 Å². The van der Waals surface area contributed by atoms with E-state index in [2.05, 4.69) is 4.98 Å². The number of nitrogens with zero attached hydrogens (tertiary/aromatic N) is 2. The minimum atomic E-state index is -1.16. The van der Waals surface area contributed by atoms with Crippen molar-refractivity contribution in [1.29, 1.82) is 5.26 Å². The van der Waals surface area contributed by atoms with E-state index in [1.54, 1.807) is 6.07 Å². The van der Waals surface area contributed by atoms with Crippen molar-refractivity contribution in [2.75, 3.05) is 0 Å². The van der Waals surface area contributed by atoms with Crippen LogP contribution in [0.1, 0.15) is 11.1 Å². The molecule has 2 aromatic carbocycles. The lowest BCUT2D eigenvalue weighted by molar-refractivity contribution is 0.280. The summed E-state index contributed by atoms with van der Waals surface area (Å²) >= 11 is 0. The second-order valence-corrected chi connectivity index (χ2v) is 5.05. The Morgan fingerprint density at radius 3 is 2.32 bits per heavy atom. The van der Waals surface area contributed by atoms with Crippen molar-refractivity contribution in [3.05, 3.63) is 64.7 Å². The Morgan fingerprint density at radius 2 is 1.68 bits per heavy atom. The summed E-state index contributed by atoms with van der Waals surface area (Å²) < 4.78 is 58.9. The lowest BCUT2D eigenvalue weighted by Crippen LogP contribution is -2.05. The largest absolute Gasteiger partial charge is 0.492 e. The van der Waals surface area contributed by atoms with Crippen molar-refractivity contribution in [1.82, 2.24) is 4.98 Å². The molecular formula is C17H8F4N2O2. The zero-order chi connectivity index (χ0) is 18.1. The Bertz CT molecular complexity index is 1010. The molecule has 0 amide bonds. The van der Waals surface area contributed by atoms with Crippen molar-refractivity contribution < 1.29 is 27.4 Å². The first kappa shape index (κ1) is 16.5.